The molecule has 1 aromatic carbocycles. The molecule has 0 saturated heterocycles. The Morgan fingerprint density at radius 2 is 1.91 bits per heavy atom. The van der Waals surface area contributed by atoms with Gasteiger partial charge in [-0.05, 0) is 24.3 Å². The molecule has 32 heavy (non-hydrogen) atoms. The molecule has 160 valence electrons. The summed E-state index contributed by atoms with van der Waals surface area (Å²) in [6, 6.07) is 8.32. The quantitative estimate of drug-likeness (QED) is 0.461. The molecule has 0 radical (unpaired) electrons. The summed E-state index contributed by atoms with van der Waals surface area (Å²) in [6.07, 6.45) is -0.156. The van der Waals surface area contributed by atoms with Crippen LogP contribution in [-0.4, -0.2) is 34.3 Å². The molecule has 5 rings (SSSR count). The van der Waals surface area contributed by atoms with E-state index in [1.807, 2.05) is 0 Å². The lowest BCUT2D eigenvalue weighted by molar-refractivity contribution is -0.136. The first kappa shape index (κ1) is 19.6. The minimum absolute atomic E-state index is 0.0135. The number of hydrogen-bond acceptors (Lipinski definition) is 7. The Kier molecular flexibility index (Phi) is 4.36. The van der Waals surface area contributed by atoms with Crippen molar-refractivity contribution in [2.24, 2.45) is 7.05 Å². The molecule has 5 aromatic rings. The fourth-order valence-corrected chi connectivity index (χ4v) is 3.30. The third kappa shape index (κ3) is 3.31. The van der Waals surface area contributed by atoms with Crippen LogP contribution in [0, 0.1) is 0 Å². The second kappa shape index (κ2) is 7.11. The van der Waals surface area contributed by atoms with Gasteiger partial charge >= 0.3 is 6.18 Å². The van der Waals surface area contributed by atoms with E-state index in [0.717, 1.165) is 10.6 Å². The Bertz CT molecular complexity index is 1540. The summed E-state index contributed by atoms with van der Waals surface area (Å²) in [7, 11) is 1.70. The average Bonchev–Trinajstić information content (AvgIpc) is 3.32. The third-order valence-corrected chi connectivity index (χ3v) is 4.70. The molecular weight excluding hydrogens is 425 g/mol. The second-order valence-corrected chi connectivity index (χ2v) is 6.88. The Morgan fingerprint density at radius 3 is 2.66 bits per heavy atom. The van der Waals surface area contributed by atoms with E-state index in [1.54, 1.807) is 25.4 Å². The summed E-state index contributed by atoms with van der Waals surface area (Å²) in [4.78, 5) is 24.6. The molecule has 0 unspecified atom stereocenters. The van der Waals surface area contributed by atoms with Gasteiger partial charge in [0.1, 0.15) is 5.69 Å². The van der Waals surface area contributed by atoms with Crippen LogP contribution in [0.1, 0.15) is 5.56 Å². The maximum atomic E-state index is 13.8. The van der Waals surface area contributed by atoms with Gasteiger partial charge in [0.15, 0.2) is 11.5 Å². The lowest BCUT2D eigenvalue weighted by Crippen LogP contribution is -2.13. The van der Waals surface area contributed by atoms with Crippen LogP contribution in [0.15, 0.2) is 59.8 Å². The summed E-state index contributed by atoms with van der Waals surface area (Å²) in [6.45, 7) is 0. The van der Waals surface area contributed by atoms with E-state index in [9.17, 15) is 18.0 Å². The van der Waals surface area contributed by atoms with Gasteiger partial charge in [-0.2, -0.15) is 22.8 Å². The fourth-order valence-electron chi connectivity index (χ4n) is 3.30. The van der Waals surface area contributed by atoms with Gasteiger partial charge in [-0.1, -0.05) is 12.1 Å². The second-order valence-electron chi connectivity index (χ2n) is 6.88. The Hall–Kier alpha value is -4.35. The van der Waals surface area contributed by atoms with Crippen molar-refractivity contribution in [3.05, 3.63) is 70.9 Å². The first-order chi connectivity index (χ1) is 15.3. The highest BCUT2D eigenvalue weighted by Crippen LogP contribution is 2.37. The Balaban J connectivity index is 1.83. The number of aromatic nitrogens is 7. The van der Waals surface area contributed by atoms with Gasteiger partial charge in [-0.25, -0.2) is 15.0 Å². The highest BCUT2D eigenvalue weighted by atomic mass is 19.4. The summed E-state index contributed by atoms with van der Waals surface area (Å²) in [5, 5.41) is 11.0. The van der Waals surface area contributed by atoms with Crippen LogP contribution in [0.5, 0.6) is 0 Å². The van der Waals surface area contributed by atoms with Gasteiger partial charge in [-0.3, -0.25) is 9.48 Å². The zero-order chi connectivity index (χ0) is 22.5. The largest absolute Gasteiger partial charge is 0.417 e. The summed E-state index contributed by atoms with van der Waals surface area (Å²) in [5.74, 6) is 0.172. The lowest BCUT2D eigenvalue weighted by Gasteiger charge is -2.12. The van der Waals surface area contributed by atoms with Crippen LogP contribution >= 0.6 is 0 Å². The van der Waals surface area contributed by atoms with Crippen molar-refractivity contribution in [2.45, 2.75) is 6.18 Å². The molecule has 0 amide bonds. The third-order valence-electron chi connectivity index (χ3n) is 4.70. The van der Waals surface area contributed by atoms with Gasteiger partial charge in [0.2, 0.25) is 5.95 Å². The highest BCUT2D eigenvalue weighted by Gasteiger charge is 2.34. The Labute approximate surface area is 177 Å². The molecule has 0 aliphatic heterocycles. The number of benzene rings is 1. The molecule has 0 atom stereocenters. The molecule has 4 aromatic heterocycles. The van der Waals surface area contributed by atoms with Crippen LogP contribution in [0.2, 0.25) is 0 Å². The zero-order valence-corrected chi connectivity index (χ0v) is 16.4. The van der Waals surface area contributed by atoms with Crippen LogP contribution in [0.4, 0.5) is 24.8 Å². The van der Waals surface area contributed by atoms with Crippen molar-refractivity contribution in [3.63, 3.8) is 0 Å². The van der Waals surface area contributed by atoms with Crippen LogP contribution in [-0.2, 0) is 13.2 Å². The van der Waals surface area contributed by atoms with Gasteiger partial charge < -0.3 is 5.32 Å². The molecule has 0 aliphatic rings. The fraction of sp³-hybridized carbons (Fsp3) is 0.100. The highest BCUT2D eigenvalue weighted by molar-refractivity contribution is 5.96. The molecule has 9 nitrogen and oxygen atoms in total. The molecule has 1 N–H and O–H groups in total. The van der Waals surface area contributed by atoms with E-state index in [-0.39, 0.29) is 34.0 Å². The molecule has 0 bridgehead atoms. The van der Waals surface area contributed by atoms with Gasteiger partial charge in [-0.15, -0.1) is 5.10 Å². The predicted molar refractivity (Wildman–Crippen MR) is 109 cm³/mol. The van der Waals surface area contributed by atoms with Crippen molar-refractivity contribution in [1.29, 1.82) is 0 Å². The minimum atomic E-state index is -4.63. The van der Waals surface area contributed by atoms with Gasteiger partial charge in [0.25, 0.3) is 5.56 Å². The van der Waals surface area contributed by atoms with Gasteiger partial charge in [0.05, 0.1) is 28.2 Å². The van der Waals surface area contributed by atoms with Crippen molar-refractivity contribution in [1.82, 2.24) is 34.3 Å². The maximum absolute atomic E-state index is 13.8. The molecule has 0 fully saturated rings. The predicted octanol–water partition coefficient (Wildman–Crippen LogP) is 3.20. The van der Waals surface area contributed by atoms with Crippen LogP contribution in [0.25, 0.3) is 27.9 Å². The van der Waals surface area contributed by atoms with Crippen LogP contribution < -0.4 is 10.9 Å². The number of anilines is 2. The summed E-state index contributed by atoms with van der Waals surface area (Å²) in [5.41, 5.74) is -0.889. The number of halogens is 3. The Morgan fingerprint density at radius 1 is 1.06 bits per heavy atom. The number of nitrogens with zero attached hydrogens (tertiary/aromatic N) is 7. The number of nitrogens with one attached hydrogen (secondary N) is 1. The normalized spacial score (nSPS) is 11.9. The van der Waals surface area contributed by atoms with Crippen molar-refractivity contribution < 1.29 is 13.2 Å². The number of aryl methyl sites for hydroxylation is 1. The number of fused-ring (bicyclic) bond motifs is 3. The number of alkyl halides is 3. The summed E-state index contributed by atoms with van der Waals surface area (Å²) < 4.78 is 43.9. The number of hydrogen-bond donors (Lipinski definition) is 1. The topological polar surface area (TPSA) is 103 Å². The standard InChI is InChI=1S/C20H13F3N8O/c1-30-10-11(9-25-30)16-28-17-15-12(20(21,22)23)5-4-7-13(15)26-19(31(17)29-16)27-14-6-2-3-8-24-18(14)32/h2-10H,1H3,(H,24,26,27,32). The van der Waals surface area contributed by atoms with Crippen molar-refractivity contribution >= 4 is 28.2 Å². The SMILES string of the molecule is Cn1cc(-c2nc3c4c(C(F)(F)F)cccc4nc(Nc4ccccnc4=O)n3n2)cn1. The molecule has 0 spiro atoms. The molecule has 12 heteroatoms. The zero-order valence-electron chi connectivity index (χ0n) is 16.4. The maximum Gasteiger partial charge on any atom is 0.417 e. The molecule has 0 aliphatic carbocycles. The minimum Gasteiger partial charge on any atom is -0.319 e. The lowest BCUT2D eigenvalue weighted by atomic mass is 10.1. The summed E-state index contributed by atoms with van der Waals surface area (Å²) >= 11 is 0. The number of rotatable bonds is 3. The first-order valence-electron chi connectivity index (χ1n) is 9.29. The van der Waals surface area contributed by atoms with E-state index in [4.69, 9.17) is 0 Å². The van der Waals surface area contributed by atoms with E-state index < -0.39 is 17.3 Å². The first-order valence-corrected chi connectivity index (χ1v) is 9.29. The molecule has 0 saturated carbocycles. The van der Waals surface area contributed by atoms with E-state index >= 15 is 0 Å². The average molecular weight is 438 g/mol. The van der Waals surface area contributed by atoms with Crippen molar-refractivity contribution in [3.8, 4) is 11.4 Å². The van der Waals surface area contributed by atoms with Crippen LogP contribution in [0.3, 0.4) is 0 Å². The molecular formula is C20H13F3N8O. The smallest absolute Gasteiger partial charge is 0.319 e. The van der Waals surface area contributed by atoms with E-state index in [1.165, 1.54) is 35.3 Å². The monoisotopic (exact) mass is 438 g/mol. The molecule has 4 heterocycles. The van der Waals surface area contributed by atoms with E-state index in [0.29, 0.717) is 5.56 Å². The van der Waals surface area contributed by atoms with Crippen molar-refractivity contribution in [2.75, 3.05) is 5.32 Å². The van der Waals surface area contributed by atoms with E-state index in [2.05, 4.69) is 30.5 Å². The van der Waals surface area contributed by atoms with Gasteiger partial charge in [0, 0.05) is 19.4 Å².